The third-order valence-electron chi connectivity index (χ3n) is 2.72. The molecule has 1 heterocycles. The Morgan fingerprint density at radius 3 is 2.88 bits per heavy atom. The zero-order valence-corrected chi connectivity index (χ0v) is 11.0. The van der Waals surface area contributed by atoms with E-state index in [9.17, 15) is 5.11 Å². The predicted molar refractivity (Wildman–Crippen MR) is 67.9 cm³/mol. The molecule has 92 valence electrons. The minimum absolute atomic E-state index is 0.0969. The SMILES string of the molecule is COC(C)(C)CCNCC(O)c1ccsc1. The van der Waals surface area contributed by atoms with Crippen molar-refractivity contribution in [3.05, 3.63) is 22.4 Å². The minimum atomic E-state index is -0.406. The lowest BCUT2D eigenvalue weighted by molar-refractivity contribution is 0.0152. The monoisotopic (exact) mass is 243 g/mol. The van der Waals surface area contributed by atoms with Crippen LogP contribution in [-0.2, 0) is 4.74 Å². The summed E-state index contributed by atoms with van der Waals surface area (Å²) in [7, 11) is 1.72. The van der Waals surface area contributed by atoms with Gasteiger partial charge in [-0.1, -0.05) is 0 Å². The molecular weight excluding hydrogens is 222 g/mol. The maximum Gasteiger partial charge on any atom is 0.0922 e. The fourth-order valence-corrected chi connectivity index (χ4v) is 2.02. The van der Waals surface area contributed by atoms with Gasteiger partial charge in [0, 0.05) is 13.7 Å². The fourth-order valence-electron chi connectivity index (χ4n) is 1.31. The Bertz CT molecular complexity index is 285. The molecule has 4 heteroatoms. The van der Waals surface area contributed by atoms with Crippen LogP contribution < -0.4 is 5.32 Å². The first-order valence-electron chi connectivity index (χ1n) is 5.51. The second kappa shape index (κ2) is 6.35. The summed E-state index contributed by atoms with van der Waals surface area (Å²) in [4.78, 5) is 0. The quantitative estimate of drug-likeness (QED) is 0.721. The van der Waals surface area contributed by atoms with Crippen LogP contribution in [0.25, 0.3) is 0 Å². The summed E-state index contributed by atoms with van der Waals surface area (Å²) in [5, 5.41) is 17.0. The molecular formula is C12H21NO2S. The lowest BCUT2D eigenvalue weighted by atomic mass is 10.1. The van der Waals surface area contributed by atoms with E-state index in [2.05, 4.69) is 19.2 Å². The number of hydrogen-bond donors (Lipinski definition) is 2. The normalized spacial score (nSPS) is 14.0. The topological polar surface area (TPSA) is 41.5 Å². The molecule has 1 aromatic rings. The van der Waals surface area contributed by atoms with E-state index < -0.39 is 6.10 Å². The highest BCUT2D eigenvalue weighted by Crippen LogP contribution is 2.15. The number of aliphatic hydroxyl groups excluding tert-OH is 1. The highest BCUT2D eigenvalue weighted by atomic mass is 32.1. The van der Waals surface area contributed by atoms with E-state index in [0.29, 0.717) is 6.54 Å². The van der Waals surface area contributed by atoms with Gasteiger partial charge in [-0.25, -0.2) is 0 Å². The zero-order chi connectivity index (χ0) is 12.0. The molecule has 1 aromatic heterocycles. The average molecular weight is 243 g/mol. The van der Waals surface area contributed by atoms with Crippen molar-refractivity contribution in [1.82, 2.24) is 5.32 Å². The van der Waals surface area contributed by atoms with Crippen LogP contribution in [0.3, 0.4) is 0 Å². The first-order chi connectivity index (χ1) is 7.55. The summed E-state index contributed by atoms with van der Waals surface area (Å²) < 4.78 is 5.32. The van der Waals surface area contributed by atoms with Gasteiger partial charge in [0.05, 0.1) is 11.7 Å². The molecule has 1 atom stereocenters. The van der Waals surface area contributed by atoms with Gasteiger partial charge >= 0.3 is 0 Å². The number of rotatable bonds is 7. The van der Waals surface area contributed by atoms with Crippen molar-refractivity contribution in [3.8, 4) is 0 Å². The summed E-state index contributed by atoms with van der Waals surface area (Å²) in [6.45, 7) is 5.56. The number of methoxy groups -OCH3 is 1. The Hall–Kier alpha value is -0.420. The molecule has 0 saturated heterocycles. The van der Waals surface area contributed by atoms with Crippen LogP contribution in [0.2, 0.25) is 0 Å². The number of ether oxygens (including phenoxy) is 1. The second-order valence-electron chi connectivity index (χ2n) is 4.49. The van der Waals surface area contributed by atoms with E-state index in [1.165, 1.54) is 0 Å². The van der Waals surface area contributed by atoms with Gasteiger partial charge in [0.15, 0.2) is 0 Å². The van der Waals surface area contributed by atoms with E-state index in [1.807, 2.05) is 16.8 Å². The van der Waals surface area contributed by atoms with E-state index in [0.717, 1.165) is 18.5 Å². The predicted octanol–water partition coefficient (Wildman–Crippen LogP) is 2.19. The highest BCUT2D eigenvalue weighted by molar-refractivity contribution is 7.07. The van der Waals surface area contributed by atoms with Crippen LogP contribution in [0.1, 0.15) is 31.9 Å². The molecule has 3 nitrogen and oxygen atoms in total. The van der Waals surface area contributed by atoms with E-state index >= 15 is 0 Å². The Kier molecular flexibility index (Phi) is 5.41. The molecule has 1 unspecified atom stereocenters. The fraction of sp³-hybridized carbons (Fsp3) is 0.667. The molecule has 1 rings (SSSR count). The van der Waals surface area contributed by atoms with Gasteiger partial charge in [-0.15, -0.1) is 0 Å². The van der Waals surface area contributed by atoms with Crippen molar-refractivity contribution in [2.45, 2.75) is 32.0 Å². The summed E-state index contributed by atoms with van der Waals surface area (Å²) >= 11 is 1.61. The van der Waals surface area contributed by atoms with Gasteiger partial charge < -0.3 is 15.2 Å². The summed E-state index contributed by atoms with van der Waals surface area (Å²) in [6, 6.07) is 1.95. The highest BCUT2D eigenvalue weighted by Gasteiger charge is 2.15. The molecule has 0 aliphatic rings. The maximum absolute atomic E-state index is 9.81. The van der Waals surface area contributed by atoms with E-state index in [4.69, 9.17) is 4.74 Å². The number of hydrogen-bond acceptors (Lipinski definition) is 4. The van der Waals surface area contributed by atoms with Crippen molar-refractivity contribution >= 4 is 11.3 Å². The third kappa shape index (κ3) is 4.61. The van der Waals surface area contributed by atoms with Crippen LogP contribution in [0.4, 0.5) is 0 Å². The van der Waals surface area contributed by atoms with Crippen LogP contribution in [0.5, 0.6) is 0 Å². The Morgan fingerprint density at radius 1 is 1.56 bits per heavy atom. The molecule has 16 heavy (non-hydrogen) atoms. The Labute approximate surface area is 101 Å². The van der Waals surface area contributed by atoms with Gasteiger partial charge in [0.1, 0.15) is 0 Å². The van der Waals surface area contributed by atoms with Gasteiger partial charge in [0.25, 0.3) is 0 Å². The van der Waals surface area contributed by atoms with Crippen molar-refractivity contribution in [2.75, 3.05) is 20.2 Å². The van der Waals surface area contributed by atoms with Crippen LogP contribution in [-0.4, -0.2) is 30.9 Å². The molecule has 0 radical (unpaired) electrons. The molecule has 0 aromatic carbocycles. The minimum Gasteiger partial charge on any atom is -0.387 e. The molecule has 0 amide bonds. The van der Waals surface area contributed by atoms with Gasteiger partial charge in [-0.05, 0) is 49.2 Å². The van der Waals surface area contributed by atoms with Crippen LogP contribution >= 0.6 is 11.3 Å². The van der Waals surface area contributed by atoms with Crippen molar-refractivity contribution < 1.29 is 9.84 Å². The first-order valence-corrected chi connectivity index (χ1v) is 6.45. The summed E-state index contributed by atoms with van der Waals surface area (Å²) in [5.74, 6) is 0. The van der Waals surface area contributed by atoms with Crippen molar-refractivity contribution in [1.29, 1.82) is 0 Å². The summed E-state index contributed by atoms with van der Waals surface area (Å²) in [5.41, 5.74) is 0.892. The molecule has 0 aliphatic heterocycles. The zero-order valence-electron chi connectivity index (χ0n) is 10.2. The van der Waals surface area contributed by atoms with Gasteiger partial charge in [-0.2, -0.15) is 11.3 Å². The van der Waals surface area contributed by atoms with Gasteiger partial charge in [-0.3, -0.25) is 0 Å². The standard InChI is InChI=1S/C12H21NO2S/c1-12(2,15-3)5-6-13-8-11(14)10-4-7-16-9-10/h4,7,9,11,13-14H,5-6,8H2,1-3H3. The molecule has 0 spiro atoms. The first kappa shape index (κ1) is 13.6. The van der Waals surface area contributed by atoms with Crippen molar-refractivity contribution in [3.63, 3.8) is 0 Å². The molecule has 0 bridgehead atoms. The molecule has 2 N–H and O–H groups in total. The Morgan fingerprint density at radius 2 is 2.31 bits per heavy atom. The molecule has 0 fully saturated rings. The number of aliphatic hydroxyl groups is 1. The van der Waals surface area contributed by atoms with Crippen LogP contribution in [0.15, 0.2) is 16.8 Å². The maximum atomic E-state index is 9.81. The van der Waals surface area contributed by atoms with Crippen molar-refractivity contribution in [2.24, 2.45) is 0 Å². The number of nitrogens with one attached hydrogen (secondary N) is 1. The lowest BCUT2D eigenvalue weighted by Gasteiger charge is -2.23. The molecule has 0 saturated carbocycles. The summed E-state index contributed by atoms with van der Waals surface area (Å²) in [6.07, 6.45) is 0.525. The average Bonchev–Trinajstić information content (AvgIpc) is 2.77. The van der Waals surface area contributed by atoms with Crippen LogP contribution in [0, 0.1) is 0 Å². The van der Waals surface area contributed by atoms with E-state index in [-0.39, 0.29) is 5.60 Å². The Balaban J connectivity index is 2.16. The smallest absolute Gasteiger partial charge is 0.0922 e. The molecule has 0 aliphatic carbocycles. The van der Waals surface area contributed by atoms with E-state index in [1.54, 1.807) is 18.4 Å². The second-order valence-corrected chi connectivity index (χ2v) is 5.27. The third-order valence-corrected chi connectivity index (χ3v) is 3.42. The largest absolute Gasteiger partial charge is 0.387 e. The van der Waals surface area contributed by atoms with Gasteiger partial charge in [0.2, 0.25) is 0 Å². The lowest BCUT2D eigenvalue weighted by Crippen LogP contribution is -2.30. The number of thiophene rings is 1.